The van der Waals surface area contributed by atoms with Gasteiger partial charge in [0.1, 0.15) is 6.61 Å². The lowest BCUT2D eigenvalue weighted by Crippen LogP contribution is -2.18. The summed E-state index contributed by atoms with van der Waals surface area (Å²) >= 11 is 0. The minimum atomic E-state index is -0.465. The highest BCUT2D eigenvalue weighted by atomic mass is 19.1. The average Bonchev–Trinajstić information content (AvgIpc) is 2.32. The summed E-state index contributed by atoms with van der Waals surface area (Å²) in [7, 11) is 1.37. The van der Waals surface area contributed by atoms with Crippen molar-refractivity contribution in [1.82, 2.24) is 0 Å². The molecule has 94 valence electrons. The molecule has 1 aromatic rings. The maximum atomic E-state index is 13.1. The molecule has 1 amide bonds. The Balaban J connectivity index is 2.53. The van der Waals surface area contributed by atoms with Gasteiger partial charge in [-0.2, -0.15) is 0 Å². The highest BCUT2D eigenvalue weighted by Gasteiger charge is 2.06. The highest BCUT2D eigenvalue weighted by molar-refractivity contribution is 5.91. The Morgan fingerprint density at radius 1 is 1.47 bits per heavy atom. The number of carbonyl (C=O) groups excluding carboxylic acids is 1. The van der Waals surface area contributed by atoms with E-state index in [1.54, 1.807) is 0 Å². The molecule has 0 spiro atoms. The largest absolute Gasteiger partial charge is 0.494 e. The van der Waals surface area contributed by atoms with E-state index < -0.39 is 5.82 Å². The number of amides is 1. The zero-order chi connectivity index (χ0) is 12.7. The number of carbonyl (C=O) groups is 1. The van der Waals surface area contributed by atoms with Gasteiger partial charge in [-0.05, 0) is 18.6 Å². The number of halogens is 1. The molecule has 0 aromatic heterocycles. The third-order valence-electron chi connectivity index (χ3n) is 2.02. The van der Waals surface area contributed by atoms with Gasteiger partial charge in [-0.15, -0.1) is 0 Å². The summed E-state index contributed by atoms with van der Waals surface area (Å²) in [5, 5.41) is 2.59. The van der Waals surface area contributed by atoms with Crippen molar-refractivity contribution >= 4 is 11.6 Å². The third-order valence-corrected chi connectivity index (χ3v) is 2.02. The molecule has 0 saturated heterocycles. The van der Waals surface area contributed by atoms with E-state index >= 15 is 0 Å². The number of benzene rings is 1. The SMILES string of the molecule is CCCOCC(=O)Nc1ccc(F)c(OC)c1. The number of ether oxygens (including phenoxy) is 2. The third kappa shape index (κ3) is 4.40. The molecular formula is C12H16FNO3. The van der Waals surface area contributed by atoms with Crippen LogP contribution in [0.1, 0.15) is 13.3 Å². The monoisotopic (exact) mass is 241 g/mol. The van der Waals surface area contributed by atoms with Crippen molar-refractivity contribution in [2.24, 2.45) is 0 Å². The van der Waals surface area contributed by atoms with Crippen LogP contribution in [0.15, 0.2) is 18.2 Å². The second kappa shape index (κ2) is 6.85. The first kappa shape index (κ1) is 13.4. The van der Waals surface area contributed by atoms with Crippen molar-refractivity contribution in [3.8, 4) is 5.75 Å². The number of hydrogen-bond donors (Lipinski definition) is 1. The number of hydrogen-bond acceptors (Lipinski definition) is 3. The van der Waals surface area contributed by atoms with Gasteiger partial charge in [0.2, 0.25) is 5.91 Å². The molecule has 0 bridgehead atoms. The van der Waals surface area contributed by atoms with Crippen LogP contribution >= 0.6 is 0 Å². The van der Waals surface area contributed by atoms with Crippen molar-refractivity contribution in [3.63, 3.8) is 0 Å². The Morgan fingerprint density at radius 3 is 2.88 bits per heavy atom. The van der Waals surface area contributed by atoms with Gasteiger partial charge in [-0.3, -0.25) is 4.79 Å². The van der Waals surface area contributed by atoms with Gasteiger partial charge in [0.05, 0.1) is 7.11 Å². The van der Waals surface area contributed by atoms with Gasteiger partial charge in [-0.1, -0.05) is 6.92 Å². The Hall–Kier alpha value is -1.62. The van der Waals surface area contributed by atoms with Crippen molar-refractivity contribution in [2.75, 3.05) is 25.6 Å². The molecule has 1 rings (SSSR count). The Kier molecular flexibility index (Phi) is 5.42. The molecule has 4 nitrogen and oxygen atoms in total. The fraction of sp³-hybridized carbons (Fsp3) is 0.417. The molecule has 0 aliphatic carbocycles. The molecule has 1 aromatic carbocycles. The van der Waals surface area contributed by atoms with E-state index in [9.17, 15) is 9.18 Å². The zero-order valence-corrected chi connectivity index (χ0v) is 9.96. The molecule has 0 heterocycles. The van der Waals surface area contributed by atoms with Gasteiger partial charge in [-0.25, -0.2) is 4.39 Å². The average molecular weight is 241 g/mol. The summed E-state index contributed by atoms with van der Waals surface area (Å²) in [6, 6.07) is 4.13. The highest BCUT2D eigenvalue weighted by Crippen LogP contribution is 2.21. The normalized spacial score (nSPS) is 10.1. The lowest BCUT2D eigenvalue weighted by molar-refractivity contribution is -0.120. The van der Waals surface area contributed by atoms with Gasteiger partial charge >= 0.3 is 0 Å². The molecule has 1 N–H and O–H groups in total. The zero-order valence-electron chi connectivity index (χ0n) is 9.96. The molecule has 0 saturated carbocycles. The molecule has 0 aliphatic heterocycles. The summed E-state index contributed by atoms with van der Waals surface area (Å²) in [5.74, 6) is -0.642. The van der Waals surface area contributed by atoms with E-state index in [1.165, 1.54) is 25.3 Å². The van der Waals surface area contributed by atoms with Crippen LogP contribution in [0, 0.1) is 5.82 Å². The van der Waals surface area contributed by atoms with E-state index in [0.717, 1.165) is 6.42 Å². The van der Waals surface area contributed by atoms with E-state index in [4.69, 9.17) is 9.47 Å². The Bertz CT molecular complexity index is 382. The summed E-state index contributed by atoms with van der Waals surface area (Å²) < 4.78 is 23.0. The summed E-state index contributed by atoms with van der Waals surface area (Å²) in [4.78, 5) is 11.4. The van der Waals surface area contributed by atoms with E-state index in [2.05, 4.69) is 5.32 Å². The first-order valence-electron chi connectivity index (χ1n) is 5.38. The van der Waals surface area contributed by atoms with E-state index in [-0.39, 0.29) is 18.3 Å². The van der Waals surface area contributed by atoms with Gasteiger partial charge < -0.3 is 14.8 Å². The van der Waals surface area contributed by atoms with Gasteiger partial charge in [0.15, 0.2) is 11.6 Å². The maximum Gasteiger partial charge on any atom is 0.250 e. The Morgan fingerprint density at radius 2 is 2.24 bits per heavy atom. The van der Waals surface area contributed by atoms with Crippen LogP contribution in [0.25, 0.3) is 0 Å². The number of nitrogens with one attached hydrogen (secondary N) is 1. The molecule has 17 heavy (non-hydrogen) atoms. The molecule has 0 radical (unpaired) electrons. The molecule has 5 heteroatoms. The topological polar surface area (TPSA) is 47.6 Å². The van der Waals surface area contributed by atoms with E-state index in [1.807, 2.05) is 6.92 Å². The number of anilines is 1. The fourth-order valence-corrected chi connectivity index (χ4v) is 1.24. The molecule has 0 atom stereocenters. The minimum Gasteiger partial charge on any atom is -0.494 e. The Labute approximate surface area is 99.7 Å². The summed E-state index contributed by atoms with van der Waals surface area (Å²) in [5.41, 5.74) is 0.480. The van der Waals surface area contributed by atoms with Crippen LogP contribution in [-0.2, 0) is 9.53 Å². The van der Waals surface area contributed by atoms with Gasteiger partial charge in [0, 0.05) is 18.4 Å². The maximum absolute atomic E-state index is 13.1. The quantitative estimate of drug-likeness (QED) is 0.777. The van der Waals surface area contributed by atoms with Crippen molar-refractivity contribution in [1.29, 1.82) is 0 Å². The predicted molar refractivity (Wildman–Crippen MR) is 62.7 cm³/mol. The fourth-order valence-electron chi connectivity index (χ4n) is 1.24. The number of rotatable bonds is 6. The summed E-state index contributed by atoms with van der Waals surface area (Å²) in [6.45, 7) is 2.50. The minimum absolute atomic E-state index is 0.00642. The molecule has 0 unspecified atom stereocenters. The molecular weight excluding hydrogens is 225 g/mol. The van der Waals surface area contributed by atoms with Crippen molar-refractivity contribution < 1.29 is 18.7 Å². The molecule has 0 aliphatic rings. The van der Waals surface area contributed by atoms with Gasteiger partial charge in [0.25, 0.3) is 0 Å². The predicted octanol–water partition coefficient (Wildman–Crippen LogP) is 2.20. The van der Waals surface area contributed by atoms with Crippen molar-refractivity contribution in [3.05, 3.63) is 24.0 Å². The first-order valence-corrected chi connectivity index (χ1v) is 5.38. The first-order chi connectivity index (χ1) is 8.17. The van der Waals surface area contributed by atoms with Crippen LogP contribution < -0.4 is 10.1 Å². The van der Waals surface area contributed by atoms with Crippen LogP contribution in [0.2, 0.25) is 0 Å². The summed E-state index contributed by atoms with van der Waals surface area (Å²) in [6.07, 6.45) is 0.859. The van der Waals surface area contributed by atoms with Crippen LogP contribution in [-0.4, -0.2) is 26.2 Å². The molecule has 0 fully saturated rings. The van der Waals surface area contributed by atoms with Crippen molar-refractivity contribution in [2.45, 2.75) is 13.3 Å². The number of methoxy groups -OCH3 is 1. The lowest BCUT2D eigenvalue weighted by atomic mass is 10.3. The lowest BCUT2D eigenvalue weighted by Gasteiger charge is -2.08. The second-order valence-electron chi connectivity index (χ2n) is 3.45. The second-order valence-corrected chi connectivity index (χ2v) is 3.45. The standard InChI is InChI=1S/C12H16FNO3/c1-3-6-17-8-12(15)14-9-4-5-10(13)11(7-9)16-2/h4-5,7H,3,6,8H2,1-2H3,(H,14,15). The smallest absolute Gasteiger partial charge is 0.250 e. The van der Waals surface area contributed by atoms with Crippen LogP contribution in [0.4, 0.5) is 10.1 Å². The van der Waals surface area contributed by atoms with Crippen LogP contribution in [0.3, 0.4) is 0 Å². The van der Waals surface area contributed by atoms with Crippen LogP contribution in [0.5, 0.6) is 5.75 Å². The van der Waals surface area contributed by atoms with E-state index in [0.29, 0.717) is 12.3 Å².